The Hall–Kier alpha value is -1.84. The second-order valence-corrected chi connectivity index (χ2v) is 7.17. The molecule has 2 rings (SSSR count). The molecule has 2 aromatic rings. The first-order valence-electron chi connectivity index (χ1n) is 8.84. The van der Waals surface area contributed by atoms with Crippen molar-refractivity contribution in [1.29, 1.82) is 0 Å². The van der Waals surface area contributed by atoms with E-state index in [1.54, 1.807) is 0 Å². The van der Waals surface area contributed by atoms with E-state index in [4.69, 9.17) is 11.6 Å². The number of halogens is 1. The quantitative estimate of drug-likeness (QED) is 0.696. The summed E-state index contributed by atoms with van der Waals surface area (Å²) in [5.41, 5.74) is 4.33. The third-order valence-electron chi connectivity index (χ3n) is 5.00. The number of para-hydroxylation sites is 1. The third kappa shape index (κ3) is 5.07. The van der Waals surface area contributed by atoms with Crippen LogP contribution in [0.2, 0.25) is 5.02 Å². The Kier molecular flexibility index (Phi) is 6.63. The monoisotopic (exact) mass is 359 g/mol. The van der Waals surface area contributed by atoms with Crippen molar-refractivity contribution in [3.63, 3.8) is 0 Å². The minimum atomic E-state index is 0.0649. The number of benzene rings is 2. The number of carbonyl (C=O) groups excluding carboxylic acids is 1. The Morgan fingerprint density at radius 1 is 1.00 bits per heavy atom. The number of hydrogen-bond acceptors (Lipinski definition) is 1. The zero-order valence-corrected chi connectivity index (χ0v) is 16.4. The lowest BCUT2D eigenvalue weighted by atomic mass is 10.1. The standard InChI is InChI=1S/C21H27ClN2O/c1-5-24(6-2,14-18-10-12-19(22)13-11-18)15-20(25)23-21-16(3)8-7-9-17(21)4/h7-13H,5-6,14-15H2,1-4H3/p+1. The van der Waals surface area contributed by atoms with Crippen molar-refractivity contribution in [3.8, 4) is 0 Å². The molecule has 0 saturated carbocycles. The molecular formula is C21H28ClN2O+. The zero-order chi connectivity index (χ0) is 18.4. The molecule has 0 radical (unpaired) electrons. The Balaban J connectivity index is 2.14. The molecule has 0 heterocycles. The molecule has 3 nitrogen and oxygen atoms in total. The van der Waals surface area contributed by atoms with Gasteiger partial charge in [-0.05, 0) is 51.0 Å². The summed E-state index contributed by atoms with van der Waals surface area (Å²) in [7, 11) is 0. The Morgan fingerprint density at radius 2 is 1.56 bits per heavy atom. The molecule has 0 saturated heterocycles. The van der Waals surface area contributed by atoms with Crippen molar-refractivity contribution >= 4 is 23.2 Å². The smallest absolute Gasteiger partial charge is 0.279 e. The highest BCUT2D eigenvalue weighted by Crippen LogP contribution is 2.21. The summed E-state index contributed by atoms with van der Waals surface area (Å²) in [4.78, 5) is 12.7. The second-order valence-electron chi connectivity index (χ2n) is 6.73. The average molecular weight is 360 g/mol. The summed E-state index contributed by atoms with van der Waals surface area (Å²) < 4.78 is 0.721. The maximum atomic E-state index is 12.7. The van der Waals surface area contributed by atoms with Crippen LogP contribution in [0.5, 0.6) is 0 Å². The van der Waals surface area contributed by atoms with Gasteiger partial charge in [0.15, 0.2) is 6.54 Å². The van der Waals surface area contributed by atoms with Crippen LogP contribution in [0.3, 0.4) is 0 Å². The fourth-order valence-corrected chi connectivity index (χ4v) is 3.33. The molecule has 0 atom stereocenters. The zero-order valence-electron chi connectivity index (χ0n) is 15.6. The van der Waals surface area contributed by atoms with Gasteiger partial charge in [0.1, 0.15) is 6.54 Å². The van der Waals surface area contributed by atoms with Crippen LogP contribution in [0.25, 0.3) is 0 Å². The minimum absolute atomic E-state index is 0.0649. The first-order valence-corrected chi connectivity index (χ1v) is 9.22. The van der Waals surface area contributed by atoms with E-state index in [-0.39, 0.29) is 5.91 Å². The predicted molar refractivity (Wildman–Crippen MR) is 106 cm³/mol. The molecule has 0 aromatic heterocycles. The Bertz CT molecular complexity index is 701. The second kappa shape index (κ2) is 8.50. The number of carbonyl (C=O) groups is 1. The molecule has 25 heavy (non-hydrogen) atoms. The van der Waals surface area contributed by atoms with E-state index >= 15 is 0 Å². The first kappa shape index (κ1) is 19.5. The highest BCUT2D eigenvalue weighted by Gasteiger charge is 2.27. The number of anilines is 1. The minimum Gasteiger partial charge on any atom is -0.321 e. The fraction of sp³-hybridized carbons (Fsp3) is 0.381. The SMILES string of the molecule is CC[N+](CC)(CC(=O)Nc1c(C)cccc1C)Cc1ccc(Cl)cc1. The van der Waals surface area contributed by atoms with Gasteiger partial charge in [-0.1, -0.05) is 41.9 Å². The maximum Gasteiger partial charge on any atom is 0.279 e. The van der Waals surface area contributed by atoms with Gasteiger partial charge in [0, 0.05) is 16.3 Å². The highest BCUT2D eigenvalue weighted by atomic mass is 35.5. The molecule has 1 amide bonds. The predicted octanol–water partition coefficient (Wildman–Crippen LogP) is 4.95. The molecule has 0 bridgehead atoms. The highest BCUT2D eigenvalue weighted by molar-refractivity contribution is 6.30. The van der Waals surface area contributed by atoms with Gasteiger partial charge in [0.25, 0.3) is 5.91 Å². The molecule has 0 unspecified atom stereocenters. The molecule has 1 N–H and O–H groups in total. The lowest BCUT2D eigenvalue weighted by Crippen LogP contribution is -2.51. The van der Waals surface area contributed by atoms with E-state index in [0.29, 0.717) is 6.54 Å². The molecule has 0 aliphatic heterocycles. The average Bonchev–Trinajstić information content (AvgIpc) is 2.59. The molecule has 0 aliphatic rings. The Morgan fingerprint density at radius 3 is 2.08 bits per heavy atom. The summed E-state index contributed by atoms with van der Waals surface area (Å²) >= 11 is 5.99. The summed E-state index contributed by atoms with van der Waals surface area (Å²) in [5, 5.41) is 3.86. The fourth-order valence-electron chi connectivity index (χ4n) is 3.20. The van der Waals surface area contributed by atoms with E-state index < -0.39 is 0 Å². The number of likely N-dealkylation sites (N-methyl/N-ethyl adjacent to an activating group) is 1. The number of nitrogens with zero attached hydrogens (tertiary/aromatic N) is 1. The van der Waals surface area contributed by atoms with Crippen molar-refractivity contribution in [1.82, 2.24) is 0 Å². The van der Waals surface area contributed by atoms with E-state index in [9.17, 15) is 4.79 Å². The van der Waals surface area contributed by atoms with Crippen molar-refractivity contribution in [3.05, 3.63) is 64.2 Å². The van der Waals surface area contributed by atoms with Crippen LogP contribution in [0.1, 0.15) is 30.5 Å². The third-order valence-corrected chi connectivity index (χ3v) is 5.25. The molecular weight excluding hydrogens is 332 g/mol. The van der Waals surface area contributed by atoms with Gasteiger partial charge in [-0.25, -0.2) is 0 Å². The number of rotatable bonds is 7. The lowest BCUT2D eigenvalue weighted by Gasteiger charge is -2.36. The van der Waals surface area contributed by atoms with Crippen LogP contribution in [-0.2, 0) is 11.3 Å². The summed E-state index contributed by atoms with van der Waals surface area (Å²) in [6, 6.07) is 14.0. The largest absolute Gasteiger partial charge is 0.321 e. The molecule has 0 fully saturated rings. The van der Waals surface area contributed by atoms with Gasteiger partial charge >= 0.3 is 0 Å². The molecule has 0 aliphatic carbocycles. The summed E-state index contributed by atoms with van der Waals surface area (Å²) in [6.07, 6.45) is 0. The van der Waals surface area contributed by atoms with Crippen molar-refractivity contribution < 1.29 is 9.28 Å². The number of amides is 1. The molecule has 0 spiro atoms. The van der Waals surface area contributed by atoms with E-state index in [1.165, 1.54) is 5.56 Å². The van der Waals surface area contributed by atoms with Gasteiger partial charge in [-0.15, -0.1) is 0 Å². The van der Waals surface area contributed by atoms with Gasteiger partial charge in [0.2, 0.25) is 0 Å². The number of quaternary nitrogens is 1. The summed E-state index contributed by atoms with van der Waals surface area (Å²) in [5.74, 6) is 0.0649. The number of aryl methyl sites for hydroxylation is 2. The van der Waals surface area contributed by atoms with Crippen LogP contribution in [0, 0.1) is 13.8 Å². The van der Waals surface area contributed by atoms with E-state index in [0.717, 1.165) is 46.0 Å². The molecule has 4 heteroatoms. The van der Waals surface area contributed by atoms with Crippen LogP contribution < -0.4 is 5.32 Å². The van der Waals surface area contributed by atoms with Crippen molar-refractivity contribution in [2.24, 2.45) is 0 Å². The van der Waals surface area contributed by atoms with Crippen LogP contribution in [-0.4, -0.2) is 30.0 Å². The molecule has 2 aromatic carbocycles. The van der Waals surface area contributed by atoms with Crippen LogP contribution >= 0.6 is 11.6 Å². The maximum absolute atomic E-state index is 12.7. The van der Waals surface area contributed by atoms with Gasteiger partial charge < -0.3 is 9.80 Å². The molecule has 134 valence electrons. The lowest BCUT2D eigenvalue weighted by molar-refractivity contribution is -0.930. The van der Waals surface area contributed by atoms with E-state index in [2.05, 4.69) is 19.2 Å². The van der Waals surface area contributed by atoms with Crippen molar-refractivity contribution in [2.75, 3.05) is 25.0 Å². The first-order chi connectivity index (χ1) is 11.9. The Labute approximate surface area is 156 Å². The number of hydrogen-bond donors (Lipinski definition) is 1. The normalized spacial score (nSPS) is 11.4. The topological polar surface area (TPSA) is 29.1 Å². The summed E-state index contributed by atoms with van der Waals surface area (Å²) in [6.45, 7) is 11.4. The van der Waals surface area contributed by atoms with Crippen LogP contribution in [0.15, 0.2) is 42.5 Å². The van der Waals surface area contributed by atoms with Gasteiger partial charge in [0.05, 0.1) is 13.1 Å². The number of nitrogens with one attached hydrogen (secondary N) is 1. The van der Waals surface area contributed by atoms with Crippen LogP contribution in [0.4, 0.5) is 5.69 Å². The van der Waals surface area contributed by atoms with E-state index in [1.807, 2.05) is 56.3 Å². The van der Waals surface area contributed by atoms with Crippen molar-refractivity contribution in [2.45, 2.75) is 34.2 Å². The van der Waals surface area contributed by atoms with Gasteiger partial charge in [-0.3, -0.25) is 4.79 Å². The van der Waals surface area contributed by atoms with Gasteiger partial charge in [-0.2, -0.15) is 0 Å².